The molecule has 0 aromatic heterocycles. The number of carbonyl (C=O) groups excluding carboxylic acids is 1. The van der Waals surface area contributed by atoms with Crippen LogP contribution in [0.25, 0.3) is 0 Å². The molecule has 2 heterocycles. The first-order valence-corrected chi connectivity index (χ1v) is 8.06. The number of ether oxygens (including phenoxy) is 1. The zero-order valence-electron chi connectivity index (χ0n) is 12.6. The number of likely N-dealkylation sites (tertiary alicyclic amines) is 1. The quantitative estimate of drug-likeness (QED) is 0.782. The number of carbonyl (C=O) groups is 1. The van der Waals surface area contributed by atoms with Gasteiger partial charge in [0, 0.05) is 31.7 Å². The molecule has 2 aliphatic rings. The van der Waals surface area contributed by atoms with Crippen LogP contribution in [0.2, 0.25) is 0 Å². The summed E-state index contributed by atoms with van der Waals surface area (Å²) >= 11 is 0. The molecule has 110 valence electrons. The zero-order valence-corrected chi connectivity index (χ0v) is 12.6. The van der Waals surface area contributed by atoms with Crippen LogP contribution in [0.5, 0.6) is 0 Å². The van der Waals surface area contributed by atoms with Gasteiger partial charge in [-0.1, -0.05) is 13.8 Å². The summed E-state index contributed by atoms with van der Waals surface area (Å²) in [6.07, 6.45) is 8.59. The SMILES string of the molecule is CC(C)C(=O)N1CCCCC1CCC1CCOCC1. The molecule has 1 amide bonds. The van der Waals surface area contributed by atoms with Gasteiger partial charge in [0.15, 0.2) is 0 Å². The highest BCUT2D eigenvalue weighted by Crippen LogP contribution is 2.27. The van der Waals surface area contributed by atoms with Crippen molar-refractivity contribution in [3.8, 4) is 0 Å². The summed E-state index contributed by atoms with van der Waals surface area (Å²) in [5, 5.41) is 0. The smallest absolute Gasteiger partial charge is 0.225 e. The highest BCUT2D eigenvalue weighted by Gasteiger charge is 2.28. The number of nitrogens with zero attached hydrogens (tertiary/aromatic N) is 1. The van der Waals surface area contributed by atoms with Crippen LogP contribution in [-0.2, 0) is 9.53 Å². The van der Waals surface area contributed by atoms with Crippen LogP contribution in [0.4, 0.5) is 0 Å². The van der Waals surface area contributed by atoms with E-state index in [0.29, 0.717) is 11.9 Å². The van der Waals surface area contributed by atoms with Crippen molar-refractivity contribution in [2.24, 2.45) is 11.8 Å². The molecule has 2 saturated heterocycles. The Bertz CT molecular complexity index is 284. The molecule has 2 fully saturated rings. The van der Waals surface area contributed by atoms with Crippen molar-refractivity contribution in [1.29, 1.82) is 0 Å². The maximum absolute atomic E-state index is 12.3. The molecule has 0 saturated carbocycles. The third-order valence-electron chi connectivity index (χ3n) is 4.65. The Hall–Kier alpha value is -0.570. The van der Waals surface area contributed by atoms with Crippen molar-refractivity contribution >= 4 is 5.91 Å². The molecule has 19 heavy (non-hydrogen) atoms. The molecule has 2 rings (SSSR count). The van der Waals surface area contributed by atoms with Gasteiger partial charge in [-0.25, -0.2) is 0 Å². The molecule has 1 unspecified atom stereocenters. The van der Waals surface area contributed by atoms with Crippen molar-refractivity contribution in [3.63, 3.8) is 0 Å². The fourth-order valence-corrected chi connectivity index (χ4v) is 3.39. The first kappa shape index (κ1) is 14.8. The van der Waals surface area contributed by atoms with Gasteiger partial charge < -0.3 is 9.64 Å². The maximum Gasteiger partial charge on any atom is 0.225 e. The second-order valence-corrected chi connectivity index (χ2v) is 6.47. The van der Waals surface area contributed by atoms with Crippen LogP contribution >= 0.6 is 0 Å². The van der Waals surface area contributed by atoms with Crippen molar-refractivity contribution in [2.45, 2.75) is 64.8 Å². The fraction of sp³-hybridized carbons (Fsp3) is 0.938. The molecule has 1 atom stereocenters. The molecule has 0 spiro atoms. The molecular weight excluding hydrogens is 238 g/mol. The Labute approximate surface area is 117 Å². The van der Waals surface area contributed by atoms with Gasteiger partial charge in [-0.3, -0.25) is 4.79 Å². The molecule has 0 aromatic carbocycles. The highest BCUT2D eigenvalue weighted by atomic mass is 16.5. The van der Waals surface area contributed by atoms with Gasteiger partial charge in [0.1, 0.15) is 0 Å². The van der Waals surface area contributed by atoms with E-state index < -0.39 is 0 Å². The van der Waals surface area contributed by atoms with Crippen LogP contribution in [-0.4, -0.2) is 36.6 Å². The van der Waals surface area contributed by atoms with Gasteiger partial charge in [-0.2, -0.15) is 0 Å². The zero-order chi connectivity index (χ0) is 13.7. The molecule has 0 radical (unpaired) electrons. The van der Waals surface area contributed by atoms with Crippen LogP contribution in [0, 0.1) is 11.8 Å². The van der Waals surface area contributed by atoms with E-state index in [0.717, 1.165) is 25.7 Å². The Balaban J connectivity index is 1.83. The van der Waals surface area contributed by atoms with Crippen LogP contribution in [0.15, 0.2) is 0 Å². The van der Waals surface area contributed by atoms with Crippen LogP contribution in [0.1, 0.15) is 58.8 Å². The molecule has 0 bridgehead atoms. The van der Waals surface area contributed by atoms with Crippen molar-refractivity contribution in [2.75, 3.05) is 19.8 Å². The minimum absolute atomic E-state index is 0.142. The molecule has 3 nitrogen and oxygen atoms in total. The molecule has 0 aliphatic carbocycles. The average molecular weight is 267 g/mol. The summed E-state index contributed by atoms with van der Waals surface area (Å²) in [6, 6.07) is 0.506. The summed E-state index contributed by atoms with van der Waals surface area (Å²) < 4.78 is 5.42. The van der Waals surface area contributed by atoms with Crippen molar-refractivity contribution in [3.05, 3.63) is 0 Å². The first-order valence-electron chi connectivity index (χ1n) is 8.06. The van der Waals surface area contributed by atoms with Crippen molar-refractivity contribution in [1.82, 2.24) is 4.90 Å². The second kappa shape index (κ2) is 7.28. The Morgan fingerprint density at radius 2 is 1.89 bits per heavy atom. The molecule has 0 N–H and O–H groups in total. The van der Waals surface area contributed by atoms with Gasteiger partial charge in [0.2, 0.25) is 5.91 Å². The van der Waals surface area contributed by atoms with E-state index in [9.17, 15) is 4.79 Å². The largest absolute Gasteiger partial charge is 0.381 e. The summed E-state index contributed by atoms with van der Waals surface area (Å²) in [6.45, 7) is 6.89. The predicted octanol–water partition coefficient (Wildman–Crippen LogP) is 3.23. The van der Waals surface area contributed by atoms with Crippen LogP contribution < -0.4 is 0 Å². The number of piperidine rings is 1. The third-order valence-corrected chi connectivity index (χ3v) is 4.65. The lowest BCUT2D eigenvalue weighted by atomic mass is 9.89. The average Bonchev–Trinajstić information content (AvgIpc) is 2.45. The standard InChI is InChI=1S/C16H29NO2/c1-13(2)16(18)17-10-4-3-5-15(17)7-6-14-8-11-19-12-9-14/h13-15H,3-12H2,1-2H3. The van der Waals surface area contributed by atoms with E-state index >= 15 is 0 Å². The molecular formula is C16H29NO2. The number of rotatable bonds is 4. The lowest BCUT2D eigenvalue weighted by Gasteiger charge is -2.38. The summed E-state index contributed by atoms with van der Waals surface area (Å²) in [7, 11) is 0. The summed E-state index contributed by atoms with van der Waals surface area (Å²) in [5.74, 6) is 1.33. The minimum Gasteiger partial charge on any atom is -0.381 e. The number of hydrogen-bond acceptors (Lipinski definition) is 2. The number of hydrogen-bond donors (Lipinski definition) is 0. The van der Waals surface area contributed by atoms with E-state index in [-0.39, 0.29) is 5.92 Å². The van der Waals surface area contributed by atoms with Gasteiger partial charge in [0.05, 0.1) is 0 Å². The first-order chi connectivity index (χ1) is 9.18. The second-order valence-electron chi connectivity index (χ2n) is 6.47. The van der Waals surface area contributed by atoms with E-state index in [1.54, 1.807) is 0 Å². The van der Waals surface area contributed by atoms with E-state index in [1.165, 1.54) is 44.9 Å². The summed E-state index contributed by atoms with van der Waals surface area (Å²) in [5.41, 5.74) is 0. The van der Waals surface area contributed by atoms with E-state index in [4.69, 9.17) is 4.74 Å². The maximum atomic E-state index is 12.3. The van der Waals surface area contributed by atoms with E-state index in [2.05, 4.69) is 4.90 Å². The van der Waals surface area contributed by atoms with Gasteiger partial charge >= 0.3 is 0 Å². The van der Waals surface area contributed by atoms with Gasteiger partial charge in [-0.15, -0.1) is 0 Å². The highest BCUT2D eigenvalue weighted by molar-refractivity contribution is 5.78. The molecule has 0 aromatic rings. The third kappa shape index (κ3) is 4.20. The van der Waals surface area contributed by atoms with E-state index in [1.807, 2.05) is 13.8 Å². The Morgan fingerprint density at radius 1 is 1.16 bits per heavy atom. The van der Waals surface area contributed by atoms with Gasteiger partial charge in [0.25, 0.3) is 0 Å². The topological polar surface area (TPSA) is 29.5 Å². The molecule has 2 aliphatic heterocycles. The predicted molar refractivity (Wildman–Crippen MR) is 77.0 cm³/mol. The van der Waals surface area contributed by atoms with Crippen LogP contribution in [0.3, 0.4) is 0 Å². The normalized spacial score (nSPS) is 25.8. The van der Waals surface area contributed by atoms with Gasteiger partial charge in [-0.05, 0) is 50.9 Å². The van der Waals surface area contributed by atoms with Crippen molar-refractivity contribution < 1.29 is 9.53 Å². The molecule has 3 heteroatoms. The monoisotopic (exact) mass is 267 g/mol. The number of amides is 1. The summed E-state index contributed by atoms with van der Waals surface area (Å²) in [4.78, 5) is 14.4. The minimum atomic E-state index is 0.142. The Kier molecular flexibility index (Phi) is 5.68. The lowest BCUT2D eigenvalue weighted by molar-refractivity contribution is -0.138. The fourth-order valence-electron chi connectivity index (χ4n) is 3.39. The Morgan fingerprint density at radius 3 is 2.58 bits per heavy atom. The lowest BCUT2D eigenvalue weighted by Crippen LogP contribution is -2.45.